The highest BCUT2D eigenvalue weighted by molar-refractivity contribution is 9.10. The van der Waals surface area contributed by atoms with Crippen molar-refractivity contribution in [3.63, 3.8) is 0 Å². The van der Waals surface area contributed by atoms with Gasteiger partial charge < -0.3 is 15.3 Å². The van der Waals surface area contributed by atoms with Crippen molar-refractivity contribution in [1.82, 2.24) is 0 Å². The van der Waals surface area contributed by atoms with E-state index in [0.717, 1.165) is 12.1 Å². The standard InChI is InChI=1S/C8H6BrFO4/c9-4-1-3(11)2-5(10)6(4)7(12)8(13)14/h1-2,7,11-12H,(H,13,14). The quantitative estimate of drug-likeness (QED) is 0.755. The fourth-order valence-electron chi connectivity index (χ4n) is 0.956. The Labute approximate surface area is 86.7 Å². The topological polar surface area (TPSA) is 77.8 Å². The van der Waals surface area contributed by atoms with Gasteiger partial charge in [-0.3, -0.25) is 0 Å². The van der Waals surface area contributed by atoms with Gasteiger partial charge in [-0.15, -0.1) is 0 Å². The number of phenolic OH excluding ortho intramolecular Hbond substituents is 1. The second kappa shape index (κ2) is 3.93. The molecule has 1 rings (SSSR count). The van der Waals surface area contributed by atoms with Gasteiger partial charge in [0.1, 0.15) is 11.6 Å². The van der Waals surface area contributed by atoms with Gasteiger partial charge in [-0.05, 0) is 6.07 Å². The molecule has 0 amide bonds. The van der Waals surface area contributed by atoms with Crippen LogP contribution in [0, 0.1) is 5.82 Å². The third kappa shape index (κ3) is 2.02. The van der Waals surface area contributed by atoms with Crippen LogP contribution in [0.2, 0.25) is 0 Å². The van der Waals surface area contributed by atoms with Crippen LogP contribution < -0.4 is 0 Å². The molecule has 0 aliphatic heterocycles. The van der Waals surface area contributed by atoms with E-state index in [1.807, 2.05) is 0 Å². The van der Waals surface area contributed by atoms with Crippen molar-refractivity contribution < 1.29 is 24.5 Å². The minimum atomic E-state index is -1.95. The zero-order valence-electron chi connectivity index (χ0n) is 6.74. The first-order chi connectivity index (χ1) is 6.43. The number of aliphatic carboxylic acids is 1. The molecule has 0 aliphatic rings. The molecule has 0 spiro atoms. The summed E-state index contributed by atoms with van der Waals surface area (Å²) >= 11 is 2.84. The molecule has 0 aromatic heterocycles. The van der Waals surface area contributed by atoms with Gasteiger partial charge in [-0.2, -0.15) is 0 Å². The van der Waals surface area contributed by atoms with Crippen molar-refractivity contribution in [2.24, 2.45) is 0 Å². The maximum Gasteiger partial charge on any atom is 0.337 e. The summed E-state index contributed by atoms with van der Waals surface area (Å²) in [4.78, 5) is 10.4. The fourth-order valence-corrected chi connectivity index (χ4v) is 1.60. The van der Waals surface area contributed by atoms with Gasteiger partial charge in [-0.25, -0.2) is 9.18 Å². The number of hydrogen-bond donors (Lipinski definition) is 3. The SMILES string of the molecule is O=C(O)C(O)c1c(F)cc(O)cc1Br. The molecule has 3 N–H and O–H groups in total. The molecule has 0 saturated heterocycles. The van der Waals surface area contributed by atoms with E-state index in [2.05, 4.69) is 15.9 Å². The zero-order chi connectivity index (χ0) is 10.9. The molecule has 0 fully saturated rings. The second-order valence-corrected chi connectivity index (χ2v) is 3.42. The summed E-state index contributed by atoms with van der Waals surface area (Å²) < 4.78 is 13.1. The first-order valence-corrected chi connectivity index (χ1v) is 4.31. The number of hydrogen-bond acceptors (Lipinski definition) is 3. The smallest absolute Gasteiger partial charge is 0.337 e. The van der Waals surface area contributed by atoms with Gasteiger partial charge in [0.15, 0.2) is 6.10 Å². The number of carbonyl (C=O) groups is 1. The van der Waals surface area contributed by atoms with Crippen LogP contribution in [0.5, 0.6) is 5.75 Å². The molecule has 1 aromatic carbocycles. The van der Waals surface area contributed by atoms with E-state index >= 15 is 0 Å². The van der Waals surface area contributed by atoms with E-state index in [1.165, 1.54) is 0 Å². The molecule has 14 heavy (non-hydrogen) atoms. The van der Waals surface area contributed by atoms with Crippen LogP contribution in [-0.4, -0.2) is 21.3 Å². The summed E-state index contributed by atoms with van der Waals surface area (Å²) in [6.45, 7) is 0. The first kappa shape index (κ1) is 10.9. The average Bonchev–Trinajstić information content (AvgIpc) is 2.01. The number of benzene rings is 1. The molecule has 6 heteroatoms. The van der Waals surface area contributed by atoms with Crippen LogP contribution in [0.3, 0.4) is 0 Å². The van der Waals surface area contributed by atoms with Crippen molar-refractivity contribution in [1.29, 1.82) is 0 Å². The lowest BCUT2D eigenvalue weighted by atomic mass is 10.1. The Morgan fingerprint density at radius 2 is 2.07 bits per heavy atom. The van der Waals surface area contributed by atoms with E-state index in [0.29, 0.717) is 0 Å². The van der Waals surface area contributed by atoms with Gasteiger partial charge in [0.2, 0.25) is 0 Å². The number of carboxylic acid groups (broad SMARTS) is 1. The number of phenols is 1. The van der Waals surface area contributed by atoms with Crippen LogP contribution in [-0.2, 0) is 4.79 Å². The molecule has 1 unspecified atom stereocenters. The van der Waals surface area contributed by atoms with Crippen LogP contribution in [0.25, 0.3) is 0 Å². The summed E-state index contributed by atoms with van der Waals surface area (Å²) in [5.41, 5.74) is -0.407. The lowest BCUT2D eigenvalue weighted by molar-refractivity contribution is -0.147. The number of rotatable bonds is 2. The predicted molar refractivity (Wildman–Crippen MR) is 48.4 cm³/mol. The lowest BCUT2D eigenvalue weighted by Crippen LogP contribution is -2.12. The summed E-state index contributed by atoms with van der Waals surface area (Å²) in [5.74, 6) is -2.89. The molecule has 0 saturated carbocycles. The van der Waals surface area contributed by atoms with Crippen LogP contribution in [0.4, 0.5) is 4.39 Å². The van der Waals surface area contributed by atoms with Gasteiger partial charge in [0.25, 0.3) is 0 Å². The predicted octanol–water partition coefficient (Wildman–Crippen LogP) is 1.41. The average molecular weight is 265 g/mol. The highest BCUT2D eigenvalue weighted by Gasteiger charge is 2.23. The zero-order valence-corrected chi connectivity index (χ0v) is 8.32. The monoisotopic (exact) mass is 264 g/mol. The summed E-state index contributed by atoms with van der Waals surface area (Å²) in [6.07, 6.45) is -1.95. The fraction of sp³-hybridized carbons (Fsp3) is 0.125. The van der Waals surface area contributed by atoms with Gasteiger partial charge >= 0.3 is 5.97 Å². The van der Waals surface area contributed by atoms with E-state index in [4.69, 9.17) is 15.3 Å². The van der Waals surface area contributed by atoms with Crippen LogP contribution in [0.15, 0.2) is 16.6 Å². The van der Waals surface area contributed by atoms with Gasteiger partial charge in [0.05, 0.1) is 0 Å². The van der Waals surface area contributed by atoms with Crippen LogP contribution in [0.1, 0.15) is 11.7 Å². The van der Waals surface area contributed by atoms with E-state index in [-0.39, 0.29) is 10.2 Å². The number of carboxylic acids is 1. The summed E-state index contributed by atoms with van der Waals surface area (Å²) in [6, 6.07) is 1.83. The Morgan fingerprint density at radius 1 is 1.50 bits per heavy atom. The van der Waals surface area contributed by atoms with Crippen molar-refractivity contribution in [2.45, 2.75) is 6.10 Å². The maximum absolute atomic E-state index is 13.1. The molecule has 1 aromatic rings. The minimum absolute atomic E-state index is 0.00454. The lowest BCUT2D eigenvalue weighted by Gasteiger charge is -2.09. The molecule has 76 valence electrons. The van der Waals surface area contributed by atoms with Gasteiger partial charge in [0, 0.05) is 16.1 Å². The Kier molecular flexibility index (Phi) is 3.07. The highest BCUT2D eigenvalue weighted by atomic mass is 79.9. The first-order valence-electron chi connectivity index (χ1n) is 3.52. The highest BCUT2D eigenvalue weighted by Crippen LogP contribution is 2.30. The van der Waals surface area contributed by atoms with E-state index < -0.39 is 23.5 Å². The molecule has 4 nitrogen and oxygen atoms in total. The molecule has 0 bridgehead atoms. The van der Waals surface area contributed by atoms with Crippen molar-refractivity contribution in [3.05, 3.63) is 28.0 Å². The van der Waals surface area contributed by atoms with E-state index in [9.17, 15) is 9.18 Å². The molecule has 0 heterocycles. The summed E-state index contributed by atoms with van der Waals surface area (Å²) in [7, 11) is 0. The Balaban J connectivity index is 3.27. The number of aliphatic hydroxyl groups is 1. The molecule has 0 aliphatic carbocycles. The minimum Gasteiger partial charge on any atom is -0.508 e. The Bertz CT molecular complexity index is 357. The number of halogens is 2. The molecule has 0 radical (unpaired) electrons. The normalized spacial score (nSPS) is 12.5. The number of aliphatic hydroxyl groups excluding tert-OH is 1. The maximum atomic E-state index is 13.1. The number of aromatic hydroxyl groups is 1. The van der Waals surface area contributed by atoms with Crippen LogP contribution >= 0.6 is 15.9 Å². The Morgan fingerprint density at radius 3 is 2.50 bits per heavy atom. The molecular formula is C8H6BrFO4. The molecular weight excluding hydrogens is 259 g/mol. The second-order valence-electron chi connectivity index (χ2n) is 2.56. The van der Waals surface area contributed by atoms with Crippen molar-refractivity contribution in [2.75, 3.05) is 0 Å². The molecule has 1 atom stereocenters. The van der Waals surface area contributed by atoms with Crippen molar-refractivity contribution in [3.8, 4) is 5.75 Å². The largest absolute Gasteiger partial charge is 0.508 e. The van der Waals surface area contributed by atoms with E-state index in [1.54, 1.807) is 0 Å². The summed E-state index contributed by atoms with van der Waals surface area (Å²) in [5, 5.41) is 26.5. The Hall–Kier alpha value is -1.14. The third-order valence-electron chi connectivity index (χ3n) is 1.57. The van der Waals surface area contributed by atoms with Gasteiger partial charge in [-0.1, -0.05) is 15.9 Å². The van der Waals surface area contributed by atoms with Crippen molar-refractivity contribution >= 4 is 21.9 Å². The third-order valence-corrected chi connectivity index (χ3v) is 2.23.